The fourth-order valence-corrected chi connectivity index (χ4v) is 2.87. The molecule has 0 aliphatic rings. The molecule has 0 aromatic heterocycles. The van der Waals surface area contributed by atoms with Crippen LogP contribution < -0.4 is 5.32 Å². The van der Waals surface area contributed by atoms with E-state index in [1.54, 1.807) is 25.1 Å². The number of hydrogen-bond donors (Lipinski definition) is 1. The van der Waals surface area contributed by atoms with Crippen LogP contribution in [0, 0.1) is 12.7 Å². The number of nitrogens with one attached hydrogen (secondary N) is 1. The standard InChI is InChI=1S/C18H17ClFNO3S/c1-12-2-7-16(15(20)10-12)21-17(22)11-24-18(23)8-9-25-14-5-3-13(19)4-6-14/h2-7,10H,8-9,11H2,1H3,(H,21,22). The topological polar surface area (TPSA) is 55.4 Å². The lowest BCUT2D eigenvalue weighted by molar-refractivity contribution is -0.146. The smallest absolute Gasteiger partial charge is 0.307 e. The van der Waals surface area contributed by atoms with Crippen molar-refractivity contribution in [1.29, 1.82) is 0 Å². The number of rotatable bonds is 7. The van der Waals surface area contributed by atoms with Crippen LogP contribution in [0.25, 0.3) is 0 Å². The lowest BCUT2D eigenvalue weighted by Gasteiger charge is -2.08. The molecule has 0 unspecified atom stereocenters. The molecular formula is C18H17ClFNO3S. The normalized spacial score (nSPS) is 10.4. The average Bonchev–Trinajstić information content (AvgIpc) is 2.57. The maximum Gasteiger partial charge on any atom is 0.307 e. The molecule has 132 valence electrons. The van der Waals surface area contributed by atoms with Gasteiger partial charge in [-0.3, -0.25) is 9.59 Å². The van der Waals surface area contributed by atoms with Gasteiger partial charge in [-0.15, -0.1) is 11.8 Å². The minimum absolute atomic E-state index is 0.0601. The van der Waals surface area contributed by atoms with Crippen molar-refractivity contribution in [1.82, 2.24) is 0 Å². The second kappa shape index (κ2) is 9.44. The summed E-state index contributed by atoms with van der Waals surface area (Å²) in [7, 11) is 0. The van der Waals surface area contributed by atoms with Crippen molar-refractivity contribution in [2.24, 2.45) is 0 Å². The van der Waals surface area contributed by atoms with Gasteiger partial charge in [-0.05, 0) is 48.9 Å². The number of halogens is 2. The third-order valence-electron chi connectivity index (χ3n) is 3.15. The molecule has 0 fully saturated rings. The quantitative estimate of drug-likeness (QED) is 0.568. The molecule has 2 rings (SSSR count). The average molecular weight is 382 g/mol. The summed E-state index contributed by atoms with van der Waals surface area (Å²) < 4.78 is 18.5. The molecule has 0 aliphatic carbocycles. The summed E-state index contributed by atoms with van der Waals surface area (Å²) in [6.07, 6.45) is 0.166. The van der Waals surface area contributed by atoms with Crippen molar-refractivity contribution < 1.29 is 18.7 Å². The van der Waals surface area contributed by atoms with Gasteiger partial charge in [0.2, 0.25) is 0 Å². The number of hydrogen-bond acceptors (Lipinski definition) is 4. The van der Waals surface area contributed by atoms with Gasteiger partial charge in [0.1, 0.15) is 5.82 Å². The van der Waals surface area contributed by atoms with Crippen molar-refractivity contribution in [3.05, 3.63) is 58.9 Å². The largest absolute Gasteiger partial charge is 0.456 e. The van der Waals surface area contributed by atoms with E-state index in [-0.39, 0.29) is 12.1 Å². The van der Waals surface area contributed by atoms with Gasteiger partial charge >= 0.3 is 5.97 Å². The van der Waals surface area contributed by atoms with Crippen molar-refractivity contribution in [3.8, 4) is 0 Å². The molecule has 0 spiro atoms. The molecule has 0 aliphatic heterocycles. The third-order valence-corrected chi connectivity index (χ3v) is 4.42. The minimum atomic E-state index is -0.582. The van der Waals surface area contributed by atoms with Gasteiger partial charge in [0, 0.05) is 15.7 Å². The summed E-state index contributed by atoms with van der Waals surface area (Å²) in [6.45, 7) is 1.30. The highest BCUT2D eigenvalue weighted by Gasteiger charge is 2.10. The van der Waals surface area contributed by atoms with Gasteiger partial charge in [0.05, 0.1) is 12.1 Å². The van der Waals surface area contributed by atoms with E-state index in [9.17, 15) is 14.0 Å². The third kappa shape index (κ3) is 6.76. The van der Waals surface area contributed by atoms with Gasteiger partial charge in [0.15, 0.2) is 6.61 Å². The van der Waals surface area contributed by atoms with Crippen LogP contribution in [0.3, 0.4) is 0 Å². The van der Waals surface area contributed by atoms with Crippen LogP contribution in [0.4, 0.5) is 10.1 Å². The van der Waals surface area contributed by atoms with Gasteiger partial charge in [0.25, 0.3) is 5.91 Å². The first-order valence-electron chi connectivity index (χ1n) is 7.54. The summed E-state index contributed by atoms with van der Waals surface area (Å²) in [4.78, 5) is 24.3. The Bertz CT molecular complexity index is 752. The van der Waals surface area contributed by atoms with Gasteiger partial charge in [-0.1, -0.05) is 17.7 Å². The number of carbonyl (C=O) groups is 2. The number of amides is 1. The van der Waals surface area contributed by atoms with Crippen LogP contribution in [0.15, 0.2) is 47.4 Å². The SMILES string of the molecule is Cc1ccc(NC(=O)COC(=O)CCSc2ccc(Cl)cc2)c(F)c1. The van der Waals surface area contributed by atoms with Crippen LogP contribution >= 0.6 is 23.4 Å². The van der Waals surface area contributed by atoms with Crippen LogP contribution in [0.1, 0.15) is 12.0 Å². The van der Waals surface area contributed by atoms with Crippen molar-refractivity contribution in [2.45, 2.75) is 18.2 Å². The number of anilines is 1. The fraction of sp³-hybridized carbons (Fsp3) is 0.222. The Labute approximate surface area is 154 Å². The van der Waals surface area contributed by atoms with Crippen LogP contribution in [0.5, 0.6) is 0 Å². The Morgan fingerprint density at radius 1 is 1.20 bits per heavy atom. The van der Waals surface area contributed by atoms with E-state index in [1.165, 1.54) is 23.9 Å². The number of benzene rings is 2. The maximum atomic E-state index is 13.6. The molecule has 0 saturated heterocycles. The fourth-order valence-electron chi connectivity index (χ4n) is 1.91. The van der Waals surface area contributed by atoms with Gasteiger partial charge in [-0.2, -0.15) is 0 Å². The zero-order valence-electron chi connectivity index (χ0n) is 13.6. The molecule has 0 bridgehead atoms. The maximum absolute atomic E-state index is 13.6. The number of aryl methyl sites for hydroxylation is 1. The Kier molecular flexibility index (Phi) is 7.28. The van der Waals surface area contributed by atoms with E-state index >= 15 is 0 Å². The molecule has 0 radical (unpaired) electrons. The molecule has 7 heteroatoms. The monoisotopic (exact) mass is 381 g/mol. The lowest BCUT2D eigenvalue weighted by atomic mass is 10.2. The highest BCUT2D eigenvalue weighted by molar-refractivity contribution is 7.99. The Hall–Kier alpha value is -2.05. The predicted molar refractivity (Wildman–Crippen MR) is 97.5 cm³/mol. The number of thioether (sulfide) groups is 1. The minimum Gasteiger partial charge on any atom is -0.456 e. The molecule has 25 heavy (non-hydrogen) atoms. The van der Waals surface area contributed by atoms with Gasteiger partial charge in [-0.25, -0.2) is 4.39 Å². The first-order valence-corrected chi connectivity index (χ1v) is 8.90. The van der Waals surface area contributed by atoms with E-state index in [1.807, 2.05) is 12.1 Å². The predicted octanol–water partition coefficient (Wildman–Crippen LogP) is 4.45. The van der Waals surface area contributed by atoms with E-state index in [4.69, 9.17) is 16.3 Å². The van der Waals surface area contributed by atoms with E-state index in [0.29, 0.717) is 10.8 Å². The molecule has 0 atom stereocenters. The van der Waals surface area contributed by atoms with Crippen LogP contribution in [0.2, 0.25) is 5.02 Å². The second-order valence-electron chi connectivity index (χ2n) is 5.24. The first kappa shape index (κ1) is 19.3. The summed E-state index contributed by atoms with van der Waals surface area (Å²) in [6, 6.07) is 11.7. The van der Waals surface area contributed by atoms with Crippen molar-refractivity contribution in [2.75, 3.05) is 17.7 Å². The second-order valence-corrected chi connectivity index (χ2v) is 6.85. The molecule has 1 N–H and O–H groups in total. The first-order chi connectivity index (χ1) is 11.9. The zero-order valence-corrected chi connectivity index (χ0v) is 15.1. The van der Waals surface area contributed by atoms with Crippen LogP contribution in [-0.2, 0) is 14.3 Å². The summed E-state index contributed by atoms with van der Waals surface area (Å²) in [5.41, 5.74) is 0.810. The number of ether oxygens (including phenoxy) is 1. The Morgan fingerprint density at radius 2 is 1.92 bits per heavy atom. The molecule has 1 amide bonds. The summed E-state index contributed by atoms with van der Waals surface area (Å²) >= 11 is 7.29. The molecule has 0 saturated carbocycles. The van der Waals surface area contributed by atoms with Crippen LogP contribution in [-0.4, -0.2) is 24.2 Å². The number of esters is 1. The zero-order chi connectivity index (χ0) is 18.2. The number of carbonyl (C=O) groups excluding carboxylic acids is 2. The Balaban J connectivity index is 1.68. The van der Waals surface area contributed by atoms with Crippen molar-refractivity contribution in [3.63, 3.8) is 0 Å². The molecule has 2 aromatic carbocycles. The van der Waals surface area contributed by atoms with E-state index in [0.717, 1.165) is 10.5 Å². The van der Waals surface area contributed by atoms with E-state index < -0.39 is 24.3 Å². The molecule has 2 aromatic rings. The molecular weight excluding hydrogens is 365 g/mol. The van der Waals surface area contributed by atoms with E-state index in [2.05, 4.69) is 5.32 Å². The highest BCUT2D eigenvalue weighted by atomic mass is 35.5. The highest BCUT2D eigenvalue weighted by Crippen LogP contribution is 2.21. The lowest BCUT2D eigenvalue weighted by Crippen LogP contribution is -2.21. The summed E-state index contributed by atoms with van der Waals surface area (Å²) in [5, 5.41) is 3.02. The Morgan fingerprint density at radius 3 is 2.60 bits per heavy atom. The molecule has 4 nitrogen and oxygen atoms in total. The van der Waals surface area contributed by atoms with Crippen molar-refractivity contribution >= 4 is 40.9 Å². The van der Waals surface area contributed by atoms with Gasteiger partial charge < -0.3 is 10.1 Å². The molecule has 0 heterocycles. The summed E-state index contributed by atoms with van der Waals surface area (Å²) in [5.74, 6) is -1.07.